The predicted molar refractivity (Wildman–Crippen MR) is 107 cm³/mol. The molecule has 0 bridgehead atoms. The van der Waals surface area contributed by atoms with E-state index in [1.807, 2.05) is 0 Å². The molecule has 5 nitrogen and oxygen atoms in total. The van der Waals surface area contributed by atoms with Gasteiger partial charge < -0.3 is 5.32 Å². The first-order valence-electron chi connectivity index (χ1n) is 9.42. The van der Waals surface area contributed by atoms with E-state index in [0.717, 1.165) is 0 Å². The molecule has 0 aliphatic heterocycles. The number of anilines is 1. The molecule has 27 heavy (non-hydrogen) atoms. The fourth-order valence-electron chi connectivity index (χ4n) is 3.45. The number of benzene rings is 2. The largest absolute Gasteiger partial charge is 0.352 e. The Labute approximate surface area is 161 Å². The Morgan fingerprint density at radius 2 is 1.74 bits per heavy atom. The minimum atomic E-state index is -3.64. The van der Waals surface area contributed by atoms with Crippen LogP contribution in [-0.2, 0) is 10.0 Å². The van der Waals surface area contributed by atoms with Gasteiger partial charge in [-0.05, 0) is 61.6 Å². The van der Waals surface area contributed by atoms with Crippen molar-refractivity contribution in [3.8, 4) is 0 Å². The van der Waals surface area contributed by atoms with Gasteiger partial charge in [0.1, 0.15) is 0 Å². The van der Waals surface area contributed by atoms with Gasteiger partial charge in [0, 0.05) is 12.1 Å². The lowest BCUT2D eigenvalue weighted by Gasteiger charge is -2.21. The summed E-state index contributed by atoms with van der Waals surface area (Å²) in [6, 6.07) is 13.2. The predicted octanol–water partition coefficient (Wildman–Crippen LogP) is 4.11. The first-order chi connectivity index (χ1) is 13.0. The highest BCUT2D eigenvalue weighted by Gasteiger charge is 2.17. The van der Waals surface area contributed by atoms with Crippen LogP contribution >= 0.6 is 0 Å². The Kier molecular flexibility index (Phi) is 6.16. The fourth-order valence-corrected chi connectivity index (χ4v) is 4.60. The van der Waals surface area contributed by atoms with Gasteiger partial charge in [-0.25, -0.2) is 8.42 Å². The highest BCUT2D eigenvalue weighted by molar-refractivity contribution is 7.92. The minimum absolute atomic E-state index is 0.110. The number of sulfonamides is 1. The summed E-state index contributed by atoms with van der Waals surface area (Å²) in [5.74, 6) is 0.460. The van der Waals surface area contributed by atoms with Crippen LogP contribution in [0.1, 0.15) is 48.0 Å². The number of amides is 1. The fraction of sp³-hybridized carbons (Fsp3) is 0.381. The Balaban J connectivity index is 1.65. The first kappa shape index (κ1) is 19.4. The second kappa shape index (κ2) is 8.57. The smallest absolute Gasteiger partial charge is 0.261 e. The van der Waals surface area contributed by atoms with Crippen molar-refractivity contribution >= 4 is 21.6 Å². The number of rotatable bonds is 6. The molecule has 2 aromatic carbocycles. The number of aryl methyl sites for hydroxylation is 1. The van der Waals surface area contributed by atoms with Gasteiger partial charge in [0.2, 0.25) is 0 Å². The molecule has 0 saturated heterocycles. The SMILES string of the molecule is Cc1cc(C(=O)NCC2CCCCC2)ccc1NS(=O)(=O)c1ccccc1. The Morgan fingerprint density at radius 3 is 2.41 bits per heavy atom. The summed E-state index contributed by atoms with van der Waals surface area (Å²) in [5.41, 5.74) is 1.73. The van der Waals surface area contributed by atoms with Crippen LogP contribution in [-0.4, -0.2) is 20.9 Å². The normalized spacial score (nSPS) is 15.3. The van der Waals surface area contributed by atoms with E-state index in [1.165, 1.54) is 32.1 Å². The molecule has 0 atom stereocenters. The van der Waals surface area contributed by atoms with Gasteiger partial charge in [-0.1, -0.05) is 37.5 Å². The summed E-state index contributed by atoms with van der Waals surface area (Å²) in [4.78, 5) is 12.6. The number of hydrogen-bond acceptors (Lipinski definition) is 3. The van der Waals surface area contributed by atoms with Crippen molar-refractivity contribution in [1.82, 2.24) is 5.32 Å². The molecule has 1 saturated carbocycles. The first-order valence-corrected chi connectivity index (χ1v) is 10.9. The lowest BCUT2D eigenvalue weighted by molar-refractivity contribution is 0.0943. The number of hydrogen-bond donors (Lipinski definition) is 2. The van der Waals surface area contributed by atoms with Crippen molar-refractivity contribution in [1.29, 1.82) is 0 Å². The average molecular weight is 387 g/mol. The molecule has 144 valence electrons. The van der Waals surface area contributed by atoms with Gasteiger partial charge in [0.25, 0.3) is 15.9 Å². The van der Waals surface area contributed by atoms with Crippen molar-refractivity contribution in [3.05, 3.63) is 59.7 Å². The van der Waals surface area contributed by atoms with Crippen molar-refractivity contribution in [2.24, 2.45) is 5.92 Å². The zero-order valence-electron chi connectivity index (χ0n) is 15.6. The molecule has 2 aromatic rings. The number of carbonyl (C=O) groups excluding carboxylic acids is 1. The van der Waals surface area contributed by atoms with Crippen LogP contribution in [0.15, 0.2) is 53.4 Å². The van der Waals surface area contributed by atoms with Crippen molar-refractivity contribution in [2.45, 2.75) is 43.9 Å². The molecule has 0 unspecified atom stereocenters. The maximum Gasteiger partial charge on any atom is 0.261 e. The molecule has 1 fully saturated rings. The zero-order chi connectivity index (χ0) is 19.3. The van der Waals surface area contributed by atoms with E-state index in [1.54, 1.807) is 55.5 Å². The summed E-state index contributed by atoms with van der Waals surface area (Å²) in [6.45, 7) is 2.50. The van der Waals surface area contributed by atoms with Crippen LogP contribution in [0, 0.1) is 12.8 Å². The van der Waals surface area contributed by atoms with E-state index >= 15 is 0 Å². The number of nitrogens with one attached hydrogen (secondary N) is 2. The van der Waals surface area contributed by atoms with Crippen LogP contribution < -0.4 is 10.0 Å². The molecule has 0 heterocycles. The van der Waals surface area contributed by atoms with Gasteiger partial charge >= 0.3 is 0 Å². The summed E-state index contributed by atoms with van der Waals surface area (Å²) in [6.07, 6.45) is 6.15. The third kappa shape index (κ3) is 5.10. The summed E-state index contributed by atoms with van der Waals surface area (Å²) in [7, 11) is -3.64. The molecule has 0 radical (unpaired) electrons. The van der Waals surface area contributed by atoms with E-state index in [4.69, 9.17) is 0 Å². The zero-order valence-corrected chi connectivity index (χ0v) is 16.4. The van der Waals surface area contributed by atoms with Gasteiger partial charge in [0.15, 0.2) is 0 Å². The highest BCUT2D eigenvalue weighted by atomic mass is 32.2. The molecule has 1 aliphatic rings. The molecular weight excluding hydrogens is 360 g/mol. The number of carbonyl (C=O) groups is 1. The quantitative estimate of drug-likeness (QED) is 0.785. The monoisotopic (exact) mass is 386 g/mol. The van der Waals surface area contributed by atoms with E-state index in [-0.39, 0.29) is 10.8 Å². The lowest BCUT2D eigenvalue weighted by Crippen LogP contribution is -2.30. The molecule has 3 rings (SSSR count). The average Bonchev–Trinajstić information content (AvgIpc) is 2.69. The molecule has 2 N–H and O–H groups in total. The van der Waals surface area contributed by atoms with Crippen molar-refractivity contribution in [3.63, 3.8) is 0 Å². The Bertz CT molecular complexity index is 889. The van der Waals surface area contributed by atoms with Gasteiger partial charge in [-0.15, -0.1) is 0 Å². The molecule has 0 spiro atoms. The van der Waals surface area contributed by atoms with Gasteiger partial charge in [-0.3, -0.25) is 9.52 Å². The van der Waals surface area contributed by atoms with Crippen LogP contribution in [0.4, 0.5) is 5.69 Å². The second-order valence-electron chi connectivity index (χ2n) is 7.16. The van der Waals surface area contributed by atoms with Gasteiger partial charge in [0.05, 0.1) is 10.6 Å². The van der Waals surface area contributed by atoms with Crippen LogP contribution in [0.2, 0.25) is 0 Å². The summed E-state index contributed by atoms with van der Waals surface area (Å²) in [5, 5.41) is 3.01. The van der Waals surface area contributed by atoms with E-state index in [9.17, 15) is 13.2 Å². The summed E-state index contributed by atoms with van der Waals surface area (Å²) >= 11 is 0. The third-order valence-corrected chi connectivity index (χ3v) is 6.44. The maximum absolute atomic E-state index is 12.5. The standard InChI is InChI=1S/C21H26N2O3S/c1-16-14-18(21(24)22-15-17-8-4-2-5-9-17)12-13-20(16)23-27(25,26)19-10-6-3-7-11-19/h3,6-7,10-14,17,23H,2,4-5,8-9,15H2,1H3,(H,22,24). The van der Waals surface area contributed by atoms with E-state index in [0.29, 0.717) is 29.3 Å². The van der Waals surface area contributed by atoms with Crippen LogP contribution in [0.5, 0.6) is 0 Å². The molecule has 0 aromatic heterocycles. The van der Waals surface area contributed by atoms with Gasteiger partial charge in [-0.2, -0.15) is 0 Å². The highest BCUT2D eigenvalue weighted by Crippen LogP contribution is 2.23. The van der Waals surface area contributed by atoms with E-state index < -0.39 is 10.0 Å². The second-order valence-corrected chi connectivity index (χ2v) is 8.84. The van der Waals surface area contributed by atoms with Crippen LogP contribution in [0.25, 0.3) is 0 Å². The summed E-state index contributed by atoms with van der Waals surface area (Å²) < 4.78 is 27.5. The van der Waals surface area contributed by atoms with Crippen molar-refractivity contribution in [2.75, 3.05) is 11.3 Å². The minimum Gasteiger partial charge on any atom is -0.352 e. The maximum atomic E-state index is 12.5. The molecule has 1 amide bonds. The Hall–Kier alpha value is -2.34. The molecule has 6 heteroatoms. The van der Waals surface area contributed by atoms with Crippen LogP contribution in [0.3, 0.4) is 0 Å². The topological polar surface area (TPSA) is 75.3 Å². The van der Waals surface area contributed by atoms with Crippen molar-refractivity contribution < 1.29 is 13.2 Å². The lowest BCUT2D eigenvalue weighted by atomic mass is 9.89. The van der Waals surface area contributed by atoms with E-state index in [2.05, 4.69) is 10.0 Å². The third-order valence-electron chi connectivity index (χ3n) is 5.06. The Morgan fingerprint density at radius 1 is 1.04 bits per heavy atom. The molecule has 1 aliphatic carbocycles. The molecular formula is C21H26N2O3S.